The van der Waals surface area contributed by atoms with Crippen molar-refractivity contribution in [3.05, 3.63) is 59.1 Å². The van der Waals surface area contributed by atoms with E-state index in [4.69, 9.17) is 4.52 Å². The molecule has 1 aliphatic carbocycles. The van der Waals surface area contributed by atoms with E-state index >= 15 is 4.39 Å². The number of anilines is 1. The fraction of sp³-hybridized carbons (Fsp3) is 0.375. The van der Waals surface area contributed by atoms with Gasteiger partial charge in [-0.05, 0) is 36.1 Å². The maximum Gasteiger partial charge on any atom is 0.419 e. The number of pyridine rings is 1. The molecule has 2 N–H and O–H groups in total. The topological polar surface area (TPSA) is 110 Å². The zero-order valence-corrected chi connectivity index (χ0v) is 19.7. The summed E-state index contributed by atoms with van der Waals surface area (Å²) in [6.07, 6.45) is -2.24. The van der Waals surface area contributed by atoms with Crippen LogP contribution in [0.3, 0.4) is 0 Å². The smallest absolute Gasteiger partial charge is 0.345 e. The van der Waals surface area contributed by atoms with Crippen LogP contribution in [-0.4, -0.2) is 26.9 Å². The molecule has 190 valence electrons. The van der Waals surface area contributed by atoms with Gasteiger partial charge in [0.05, 0.1) is 5.56 Å². The molecule has 1 fully saturated rings. The average molecular weight is 505 g/mol. The van der Waals surface area contributed by atoms with E-state index in [2.05, 4.69) is 25.8 Å². The summed E-state index contributed by atoms with van der Waals surface area (Å²) in [5, 5.41) is 8.42. The number of aromatic nitrogens is 3. The van der Waals surface area contributed by atoms with Gasteiger partial charge in [-0.3, -0.25) is 9.59 Å². The van der Waals surface area contributed by atoms with E-state index in [0.717, 1.165) is 18.9 Å². The lowest BCUT2D eigenvalue weighted by Gasteiger charge is -2.17. The van der Waals surface area contributed by atoms with Crippen molar-refractivity contribution < 1.29 is 31.7 Å². The maximum absolute atomic E-state index is 15.2. The number of benzene rings is 1. The number of hydrogen-bond donors (Lipinski definition) is 2. The Morgan fingerprint density at radius 2 is 1.86 bits per heavy atom. The Morgan fingerprint density at radius 3 is 2.47 bits per heavy atom. The third kappa shape index (κ3) is 5.52. The summed E-state index contributed by atoms with van der Waals surface area (Å²) in [7, 11) is 0. The van der Waals surface area contributed by atoms with Crippen LogP contribution in [0.25, 0.3) is 11.1 Å². The van der Waals surface area contributed by atoms with Gasteiger partial charge in [0.15, 0.2) is 0 Å². The van der Waals surface area contributed by atoms with Crippen LogP contribution >= 0.6 is 0 Å². The van der Waals surface area contributed by atoms with Gasteiger partial charge in [-0.25, -0.2) is 9.37 Å². The lowest BCUT2D eigenvalue weighted by molar-refractivity contribution is -0.140. The van der Waals surface area contributed by atoms with Crippen LogP contribution in [0.5, 0.6) is 0 Å². The summed E-state index contributed by atoms with van der Waals surface area (Å²) in [5.74, 6) is -2.76. The van der Waals surface area contributed by atoms with E-state index in [1.165, 1.54) is 24.4 Å². The van der Waals surface area contributed by atoms with Gasteiger partial charge in [-0.15, -0.1) is 0 Å². The molecule has 8 nitrogen and oxygen atoms in total. The first-order chi connectivity index (χ1) is 16.8. The summed E-state index contributed by atoms with van der Waals surface area (Å²) in [5.41, 5.74) is -2.73. The normalized spacial score (nSPS) is 14.0. The van der Waals surface area contributed by atoms with Crippen LogP contribution in [0.1, 0.15) is 61.2 Å². The Hall–Kier alpha value is -3.83. The number of rotatable bonds is 6. The van der Waals surface area contributed by atoms with Crippen molar-refractivity contribution >= 4 is 17.6 Å². The number of nitrogens with one attached hydrogen (secondary N) is 2. The number of nitrogens with zero attached hydrogens (tertiary/aromatic N) is 3. The minimum Gasteiger partial charge on any atom is -0.345 e. The molecule has 0 aliphatic heterocycles. The monoisotopic (exact) mass is 505 g/mol. The van der Waals surface area contributed by atoms with Crippen molar-refractivity contribution in [1.82, 2.24) is 20.4 Å². The quantitative estimate of drug-likeness (QED) is 0.463. The highest BCUT2D eigenvalue weighted by Gasteiger charge is 2.38. The van der Waals surface area contributed by atoms with E-state index in [-0.39, 0.29) is 40.5 Å². The lowest BCUT2D eigenvalue weighted by atomic mass is 9.97. The van der Waals surface area contributed by atoms with Crippen LogP contribution in [0.2, 0.25) is 0 Å². The van der Waals surface area contributed by atoms with Crippen molar-refractivity contribution in [2.24, 2.45) is 5.92 Å². The Bertz CT molecular complexity index is 1310. The molecule has 4 rings (SSSR count). The highest BCUT2D eigenvalue weighted by Crippen LogP contribution is 2.38. The van der Waals surface area contributed by atoms with E-state index in [1.807, 2.05) is 0 Å². The molecule has 1 saturated carbocycles. The van der Waals surface area contributed by atoms with Crippen LogP contribution in [0.4, 0.5) is 23.4 Å². The molecule has 2 heterocycles. The minimum atomic E-state index is -5.04. The van der Waals surface area contributed by atoms with E-state index < -0.39 is 41.0 Å². The molecule has 1 aromatic carbocycles. The summed E-state index contributed by atoms with van der Waals surface area (Å²) in [6.45, 7) is 4.74. The van der Waals surface area contributed by atoms with Crippen LogP contribution < -0.4 is 10.6 Å². The molecule has 1 aliphatic rings. The molecule has 0 radical (unpaired) electrons. The summed E-state index contributed by atoms with van der Waals surface area (Å²) < 4.78 is 61.9. The third-order valence-electron chi connectivity index (χ3n) is 5.49. The number of hydrogen-bond acceptors (Lipinski definition) is 6. The molecular formula is C24H23F4N5O3. The molecule has 0 bridgehead atoms. The minimum absolute atomic E-state index is 0.106. The molecule has 2 amide bonds. The Morgan fingerprint density at radius 1 is 1.14 bits per heavy atom. The Balaban J connectivity index is 1.58. The first-order valence-corrected chi connectivity index (χ1v) is 11.1. The zero-order valence-electron chi connectivity index (χ0n) is 19.7. The van der Waals surface area contributed by atoms with Gasteiger partial charge >= 0.3 is 6.18 Å². The molecule has 0 saturated heterocycles. The average Bonchev–Trinajstić information content (AvgIpc) is 3.51. The Labute approximate surface area is 203 Å². The fourth-order valence-corrected chi connectivity index (χ4v) is 3.41. The maximum atomic E-state index is 15.2. The fourth-order valence-electron chi connectivity index (χ4n) is 3.41. The van der Waals surface area contributed by atoms with E-state index in [0.29, 0.717) is 0 Å². The van der Waals surface area contributed by atoms with Gasteiger partial charge in [0.2, 0.25) is 11.8 Å². The lowest BCUT2D eigenvalue weighted by Crippen LogP contribution is -2.26. The van der Waals surface area contributed by atoms with Gasteiger partial charge in [0.25, 0.3) is 11.7 Å². The second-order valence-corrected chi connectivity index (χ2v) is 9.51. The van der Waals surface area contributed by atoms with Crippen molar-refractivity contribution in [2.45, 2.75) is 51.7 Å². The number of amides is 2. The van der Waals surface area contributed by atoms with Crippen molar-refractivity contribution in [2.75, 3.05) is 5.32 Å². The van der Waals surface area contributed by atoms with Gasteiger partial charge in [0, 0.05) is 29.6 Å². The van der Waals surface area contributed by atoms with Gasteiger partial charge in [-0.1, -0.05) is 38.1 Å². The van der Waals surface area contributed by atoms with Gasteiger partial charge in [0.1, 0.15) is 11.6 Å². The predicted molar refractivity (Wildman–Crippen MR) is 120 cm³/mol. The summed E-state index contributed by atoms with van der Waals surface area (Å²) in [6, 6.07) is 4.92. The molecule has 2 aromatic heterocycles. The SMILES string of the molecule is CC(C)(C)c1nc(C(=O)NCc2ccc(-c3ccnc(NC(=O)C4CC4)c3)c(F)c2C(F)(F)F)no1. The predicted octanol–water partition coefficient (Wildman–Crippen LogP) is 4.87. The highest BCUT2D eigenvalue weighted by molar-refractivity contribution is 5.93. The van der Waals surface area contributed by atoms with Crippen molar-refractivity contribution in [3.63, 3.8) is 0 Å². The first kappa shape index (κ1) is 25.3. The molecule has 0 spiro atoms. The van der Waals surface area contributed by atoms with Crippen molar-refractivity contribution in [1.29, 1.82) is 0 Å². The number of carbonyl (C=O) groups is 2. The van der Waals surface area contributed by atoms with Crippen LogP contribution in [-0.2, 0) is 22.9 Å². The molecule has 3 aromatic rings. The van der Waals surface area contributed by atoms with E-state index in [9.17, 15) is 22.8 Å². The molecule has 0 unspecified atom stereocenters. The number of alkyl halides is 3. The second-order valence-electron chi connectivity index (χ2n) is 9.51. The second kappa shape index (κ2) is 9.32. The van der Waals surface area contributed by atoms with Crippen LogP contribution in [0.15, 0.2) is 35.0 Å². The molecule has 0 atom stereocenters. The number of halogens is 4. The largest absolute Gasteiger partial charge is 0.419 e. The first-order valence-electron chi connectivity index (χ1n) is 11.1. The van der Waals surface area contributed by atoms with Crippen LogP contribution in [0, 0.1) is 11.7 Å². The van der Waals surface area contributed by atoms with Crippen molar-refractivity contribution in [3.8, 4) is 11.1 Å². The van der Waals surface area contributed by atoms with E-state index in [1.54, 1.807) is 20.8 Å². The molecular weight excluding hydrogens is 482 g/mol. The highest BCUT2D eigenvalue weighted by atomic mass is 19.4. The third-order valence-corrected chi connectivity index (χ3v) is 5.49. The summed E-state index contributed by atoms with van der Waals surface area (Å²) in [4.78, 5) is 32.3. The van der Waals surface area contributed by atoms with Gasteiger partial charge in [-0.2, -0.15) is 18.2 Å². The Kier molecular flexibility index (Phi) is 6.54. The summed E-state index contributed by atoms with van der Waals surface area (Å²) >= 11 is 0. The van der Waals surface area contributed by atoms with Gasteiger partial charge < -0.3 is 15.2 Å². The standard InChI is InChI=1S/C24H23F4N5O3/c1-23(2,3)22-32-19(33-36-22)21(35)30-11-14-6-7-15(18(25)17(14)24(26,27)28)13-8-9-29-16(10-13)31-20(34)12-4-5-12/h6-10,12H,4-5,11H2,1-3H3,(H,30,35)(H,29,31,34). The molecule has 12 heteroatoms. The molecule has 36 heavy (non-hydrogen) atoms. The number of carbonyl (C=O) groups excluding carboxylic acids is 2. The zero-order chi connectivity index (χ0) is 26.3.